The van der Waals surface area contributed by atoms with Crippen LogP contribution in [0.3, 0.4) is 0 Å². The molecule has 7 nitrogen and oxygen atoms in total. The van der Waals surface area contributed by atoms with Crippen molar-refractivity contribution in [3.05, 3.63) is 53.6 Å². The third kappa shape index (κ3) is 6.07. The van der Waals surface area contributed by atoms with E-state index in [4.69, 9.17) is 14.2 Å². The number of ether oxygens (including phenoxy) is 3. The summed E-state index contributed by atoms with van der Waals surface area (Å²) in [5.74, 6) is 2.42. The van der Waals surface area contributed by atoms with Gasteiger partial charge in [0.15, 0.2) is 11.5 Å². The summed E-state index contributed by atoms with van der Waals surface area (Å²) in [6.45, 7) is 1.46. The van der Waals surface area contributed by atoms with Gasteiger partial charge in [-0.25, -0.2) is 0 Å². The molecule has 3 rings (SSSR count). The Kier molecular flexibility index (Phi) is 8.06. The molecule has 0 saturated carbocycles. The highest BCUT2D eigenvalue weighted by atomic mass is 32.2. The van der Waals surface area contributed by atoms with Crippen LogP contribution in [-0.4, -0.2) is 62.1 Å². The molecular weight excluding hydrogens is 416 g/mol. The van der Waals surface area contributed by atoms with Crippen LogP contribution in [0, 0.1) is 0 Å². The molecule has 2 aromatic carbocycles. The molecule has 1 heterocycles. The number of carbonyl (C=O) groups is 2. The fourth-order valence-electron chi connectivity index (χ4n) is 3.28. The van der Waals surface area contributed by atoms with Crippen LogP contribution in [-0.2, 0) is 11.3 Å². The van der Waals surface area contributed by atoms with Gasteiger partial charge in [-0.3, -0.25) is 9.59 Å². The number of methoxy groups -OCH3 is 1. The van der Waals surface area contributed by atoms with Crippen LogP contribution >= 0.6 is 11.8 Å². The molecule has 2 amide bonds. The molecule has 1 aliphatic heterocycles. The highest BCUT2D eigenvalue weighted by Crippen LogP contribution is 2.31. The average molecular weight is 445 g/mol. The second-order valence-corrected chi connectivity index (χ2v) is 8.19. The first-order chi connectivity index (χ1) is 15.0. The van der Waals surface area contributed by atoms with Gasteiger partial charge in [0.25, 0.3) is 5.91 Å². The van der Waals surface area contributed by atoms with Gasteiger partial charge in [-0.2, -0.15) is 11.8 Å². The minimum atomic E-state index is -0.607. The zero-order chi connectivity index (χ0) is 22.2. The highest BCUT2D eigenvalue weighted by molar-refractivity contribution is 7.98. The molecule has 0 bridgehead atoms. The van der Waals surface area contributed by atoms with Crippen LogP contribution in [0.1, 0.15) is 22.3 Å². The molecule has 1 N–H and O–H groups in total. The summed E-state index contributed by atoms with van der Waals surface area (Å²) in [5, 5.41) is 2.89. The van der Waals surface area contributed by atoms with Crippen molar-refractivity contribution >= 4 is 23.6 Å². The van der Waals surface area contributed by atoms with Crippen molar-refractivity contribution in [1.29, 1.82) is 0 Å². The van der Waals surface area contributed by atoms with E-state index in [0.717, 1.165) is 11.3 Å². The van der Waals surface area contributed by atoms with Crippen LogP contribution in [0.4, 0.5) is 0 Å². The molecule has 1 atom stereocenters. The number of hydrogen-bond acceptors (Lipinski definition) is 6. The Balaban J connectivity index is 1.67. The summed E-state index contributed by atoms with van der Waals surface area (Å²) < 4.78 is 16.3. The summed E-state index contributed by atoms with van der Waals surface area (Å²) in [6.07, 6.45) is 2.53. The topological polar surface area (TPSA) is 77.1 Å². The number of benzene rings is 2. The lowest BCUT2D eigenvalue weighted by Gasteiger charge is -2.25. The first kappa shape index (κ1) is 22.8. The van der Waals surface area contributed by atoms with Crippen molar-refractivity contribution in [2.75, 3.05) is 39.4 Å². The zero-order valence-electron chi connectivity index (χ0n) is 18.1. The summed E-state index contributed by atoms with van der Waals surface area (Å²) in [6, 6.07) is 11.9. The molecule has 0 fully saturated rings. The van der Waals surface area contributed by atoms with Crippen LogP contribution < -0.4 is 19.5 Å². The molecule has 0 aliphatic carbocycles. The van der Waals surface area contributed by atoms with E-state index in [2.05, 4.69) is 5.32 Å². The molecule has 1 aliphatic rings. The first-order valence-corrected chi connectivity index (χ1v) is 11.5. The van der Waals surface area contributed by atoms with E-state index in [1.807, 2.05) is 24.5 Å². The fraction of sp³-hybridized carbons (Fsp3) is 0.391. The van der Waals surface area contributed by atoms with Gasteiger partial charge in [0.1, 0.15) is 25.0 Å². The van der Waals surface area contributed by atoms with Crippen LogP contribution in [0.25, 0.3) is 0 Å². The second-order valence-electron chi connectivity index (χ2n) is 7.21. The maximum atomic E-state index is 13.1. The lowest BCUT2D eigenvalue weighted by atomic mass is 10.1. The Labute approximate surface area is 187 Å². The number of likely N-dealkylation sites (N-methyl/N-ethyl adjacent to an activating group) is 1. The standard InChI is InChI=1S/C23H28N2O5S/c1-25(15-16-4-9-20-21(14-16)30-12-11-29-20)23(27)19(10-13-31-3)24-22(26)17-5-7-18(28-2)8-6-17/h4-9,14,19H,10-13,15H2,1-3H3,(H,24,26)/t19-/m0/s1. The Morgan fingerprint density at radius 3 is 2.52 bits per heavy atom. The number of hydrogen-bond donors (Lipinski definition) is 1. The van der Waals surface area contributed by atoms with Crippen molar-refractivity contribution < 1.29 is 23.8 Å². The summed E-state index contributed by atoms with van der Waals surface area (Å²) in [7, 11) is 3.31. The van der Waals surface area contributed by atoms with Crippen LogP contribution in [0.5, 0.6) is 17.2 Å². The predicted molar refractivity (Wildman–Crippen MR) is 121 cm³/mol. The van der Waals surface area contributed by atoms with Gasteiger partial charge in [0.05, 0.1) is 7.11 Å². The minimum Gasteiger partial charge on any atom is -0.497 e. The second kappa shape index (κ2) is 10.9. The molecule has 2 aromatic rings. The number of fused-ring (bicyclic) bond motifs is 1. The molecule has 0 spiro atoms. The number of carbonyl (C=O) groups excluding carboxylic acids is 2. The van der Waals surface area contributed by atoms with E-state index in [1.54, 1.807) is 55.1 Å². The number of nitrogens with one attached hydrogen (secondary N) is 1. The van der Waals surface area contributed by atoms with Gasteiger partial charge in [-0.1, -0.05) is 6.07 Å². The third-order valence-corrected chi connectivity index (χ3v) is 5.61. The number of thioether (sulfide) groups is 1. The van der Waals surface area contributed by atoms with E-state index in [0.29, 0.717) is 49.0 Å². The van der Waals surface area contributed by atoms with Gasteiger partial charge >= 0.3 is 0 Å². The van der Waals surface area contributed by atoms with E-state index >= 15 is 0 Å². The lowest BCUT2D eigenvalue weighted by molar-refractivity contribution is -0.132. The molecule has 0 radical (unpaired) electrons. The van der Waals surface area contributed by atoms with E-state index in [1.165, 1.54) is 0 Å². The third-order valence-electron chi connectivity index (χ3n) is 4.97. The predicted octanol–water partition coefficient (Wildman–Crippen LogP) is 2.98. The van der Waals surface area contributed by atoms with Crippen molar-refractivity contribution in [2.24, 2.45) is 0 Å². The fourth-order valence-corrected chi connectivity index (χ4v) is 3.75. The van der Waals surface area contributed by atoms with Crippen LogP contribution in [0.2, 0.25) is 0 Å². The first-order valence-electron chi connectivity index (χ1n) is 10.1. The molecule has 8 heteroatoms. The van der Waals surface area contributed by atoms with Gasteiger partial charge < -0.3 is 24.4 Å². The van der Waals surface area contributed by atoms with Crippen molar-refractivity contribution in [3.63, 3.8) is 0 Å². The van der Waals surface area contributed by atoms with Gasteiger partial charge in [-0.15, -0.1) is 0 Å². The SMILES string of the molecule is COc1ccc(C(=O)N[C@@H](CCSC)C(=O)N(C)Cc2ccc3c(c2)OCCO3)cc1. The van der Waals surface area contributed by atoms with Crippen LogP contribution in [0.15, 0.2) is 42.5 Å². The Morgan fingerprint density at radius 2 is 1.84 bits per heavy atom. The molecular formula is C23H28N2O5S. The van der Waals surface area contributed by atoms with Crippen molar-refractivity contribution in [1.82, 2.24) is 10.2 Å². The Bertz CT molecular complexity index is 903. The van der Waals surface area contributed by atoms with E-state index < -0.39 is 6.04 Å². The quantitative estimate of drug-likeness (QED) is 0.641. The maximum absolute atomic E-state index is 13.1. The molecule has 0 saturated heterocycles. The average Bonchev–Trinajstić information content (AvgIpc) is 2.81. The Morgan fingerprint density at radius 1 is 1.13 bits per heavy atom. The normalized spacial score (nSPS) is 13.3. The number of nitrogens with zero attached hydrogens (tertiary/aromatic N) is 1. The summed E-state index contributed by atoms with van der Waals surface area (Å²) in [4.78, 5) is 27.5. The number of rotatable bonds is 9. The largest absolute Gasteiger partial charge is 0.497 e. The molecule has 166 valence electrons. The zero-order valence-corrected chi connectivity index (χ0v) is 18.9. The lowest BCUT2D eigenvalue weighted by Crippen LogP contribution is -2.47. The van der Waals surface area contributed by atoms with Crippen molar-refractivity contribution in [2.45, 2.75) is 19.0 Å². The Hall–Kier alpha value is -2.87. The maximum Gasteiger partial charge on any atom is 0.251 e. The van der Waals surface area contributed by atoms with E-state index in [-0.39, 0.29) is 11.8 Å². The van der Waals surface area contributed by atoms with Gasteiger partial charge in [0.2, 0.25) is 5.91 Å². The number of amides is 2. The van der Waals surface area contributed by atoms with E-state index in [9.17, 15) is 9.59 Å². The smallest absolute Gasteiger partial charge is 0.251 e. The minimum absolute atomic E-state index is 0.134. The van der Waals surface area contributed by atoms with Gasteiger partial charge in [0, 0.05) is 19.2 Å². The molecule has 31 heavy (non-hydrogen) atoms. The summed E-state index contributed by atoms with van der Waals surface area (Å²) in [5.41, 5.74) is 1.42. The van der Waals surface area contributed by atoms with Crippen molar-refractivity contribution in [3.8, 4) is 17.2 Å². The molecule has 0 unspecified atom stereocenters. The summed E-state index contributed by atoms with van der Waals surface area (Å²) >= 11 is 1.64. The monoisotopic (exact) mass is 444 g/mol. The molecule has 0 aromatic heterocycles. The van der Waals surface area contributed by atoms with Gasteiger partial charge in [-0.05, 0) is 60.4 Å². The highest BCUT2D eigenvalue weighted by Gasteiger charge is 2.25.